The second-order valence-corrected chi connectivity index (χ2v) is 4.23. The van der Waals surface area contributed by atoms with E-state index in [0.29, 0.717) is 6.54 Å². The molecule has 1 unspecified atom stereocenters. The molecule has 0 bridgehead atoms. The zero-order chi connectivity index (χ0) is 12.9. The molecule has 4 nitrogen and oxygen atoms in total. The van der Waals surface area contributed by atoms with Gasteiger partial charge in [-0.1, -0.05) is 6.07 Å². The van der Waals surface area contributed by atoms with Crippen LogP contribution in [-0.4, -0.2) is 36.1 Å². The number of halogens is 1. The third-order valence-corrected chi connectivity index (χ3v) is 2.39. The summed E-state index contributed by atoms with van der Waals surface area (Å²) in [5, 5.41) is 21.3. The number of methoxy groups -OCH3 is 1. The first-order valence-electron chi connectivity index (χ1n) is 5.35. The molecule has 3 N–H and O–H groups in total. The van der Waals surface area contributed by atoms with E-state index in [0.717, 1.165) is 5.56 Å². The van der Waals surface area contributed by atoms with Crippen LogP contribution in [0, 0.1) is 5.82 Å². The zero-order valence-corrected chi connectivity index (χ0v) is 10.0. The lowest BCUT2D eigenvalue weighted by Crippen LogP contribution is -2.40. The summed E-state index contributed by atoms with van der Waals surface area (Å²) in [5.74, 6) is -0.211. The Balaban J connectivity index is 2.50. The van der Waals surface area contributed by atoms with Crippen molar-refractivity contribution >= 4 is 0 Å². The minimum Gasteiger partial charge on any atom is -0.494 e. The molecule has 96 valence electrons. The van der Waals surface area contributed by atoms with Crippen LogP contribution < -0.4 is 10.1 Å². The van der Waals surface area contributed by atoms with E-state index in [1.54, 1.807) is 12.1 Å². The Hall–Kier alpha value is -1.17. The van der Waals surface area contributed by atoms with E-state index < -0.39 is 11.4 Å². The number of aliphatic hydroxyl groups is 2. The lowest BCUT2D eigenvalue weighted by atomic mass is 10.1. The average molecular weight is 243 g/mol. The second-order valence-electron chi connectivity index (χ2n) is 4.23. The maximum atomic E-state index is 13.3. The molecular weight excluding hydrogens is 225 g/mol. The van der Waals surface area contributed by atoms with Crippen molar-refractivity contribution in [2.45, 2.75) is 19.1 Å². The van der Waals surface area contributed by atoms with Crippen molar-refractivity contribution in [3.05, 3.63) is 29.6 Å². The van der Waals surface area contributed by atoms with Crippen molar-refractivity contribution in [3.8, 4) is 5.75 Å². The number of rotatable bonds is 6. The summed E-state index contributed by atoms with van der Waals surface area (Å²) in [6.45, 7) is 1.85. The third-order valence-electron chi connectivity index (χ3n) is 2.39. The lowest BCUT2D eigenvalue weighted by Gasteiger charge is -2.20. The molecule has 0 aliphatic rings. The van der Waals surface area contributed by atoms with Gasteiger partial charge in [-0.2, -0.15) is 0 Å². The highest BCUT2D eigenvalue weighted by molar-refractivity contribution is 5.29. The Morgan fingerprint density at radius 1 is 1.47 bits per heavy atom. The van der Waals surface area contributed by atoms with Gasteiger partial charge in [0.05, 0.1) is 19.3 Å². The Labute approximate surface area is 100 Å². The summed E-state index contributed by atoms with van der Waals surface area (Å²) in [6, 6.07) is 4.67. The quantitative estimate of drug-likeness (QED) is 0.687. The van der Waals surface area contributed by atoms with Crippen LogP contribution in [0.15, 0.2) is 18.2 Å². The Bertz CT molecular complexity index is 369. The molecule has 5 heteroatoms. The molecule has 0 aromatic heterocycles. The highest BCUT2D eigenvalue weighted by atomic mass is 19.1. The number of benzene rings is 1. The van der Waals surface area contributed by atoms with Crippen molar-refractivity contribution in [2.24, 2.45) is 0 Å². The van der Waals surface area contributed by atoms with Gasteiger partial charge in [0.25, 0.3) is 0 Å². The van der Waals surface area contributed by atoms with Crippen molar-refractivity contribution < 1.29 is 19.3 Å². The predicted octanol–water partition coefficient (Wildman–Crippen LogP) is 0.667. The van der Waals surface area contributed by atoms with Gasteiger partial charge in [0.15, 0.2) is 11.6 Å². The van der Waals surface area contributed by atoms with Crippen LogP contribution in [0.2, 0.25) is 0 Å². The van der Waals surface area contributed by atoms with Crippen LogP contribution in [0.4, 0.5) is 4.39 Å². The van der Waals surface area contributed by atoms with Gasteiger partial charge in [0, 0.05) is 13.1 Å². The topological polar surface area (TPSA) is 61.7 Å². The van der Waals surface area contributed by atoms with Crippen LogP contribution >= 0.6 is 0 Å². The number of nitrogens with one attached hydrogen (secondary N) is 1. The van der Waals surface area contributed by atoms with Gasteiger partial charge in [-0.15, -0.1) is 0 Å². The van der Waals surface area contributed by atoms with E-state index in [1.807, 2.05) is 0 Å². The van der Waals surface area contributed by atoms with Crippen LogP contribution in [0.25, 0.3) is 0 Å². The third kappa shape index (κ3) is 4.30. The molecule has 1 aromatic carbocycles. The molecule has 0 aliphatic carbocycles. The maximum Gasteiger partial charge on any atom is 0.165 e. The molecule has 0 fully saturated rings. The highest BCUT2D eigenvalue weighted by Gasteiger charge is 2.17. The van der Waals surface area contributed by atoms with Gasteiger partial charge in [-0.05, 0) is 24.6 Å². The van der Waals surface area contributed by atoms with Gasteiger partial charge in [0.2, 0.25) is 0 Å². The standard InChI is InChI=1S/C12H18FNO3/c1-12(16,8-15)7-14-6-9-3-4-11(17-2)10(13)5-9/h3-5,14-16H,6-8H2,1-2H3. The molecule has 0 spiro atoms. The normalized spacial score (nSPS) is 14.4. The second kappa shape index (κ2) is 5.95. The molecule has 0 amide bonds. The Morgan fingerprint density at radius 2 is 2.18 bits per heavy atom. The van der Waals surface area contributed by atoms with E-state index in [1.165, 1.54) is 20.1 Å². The molecule has 17 heavy (non-hydrogen) atoms. The summed E-state index contributed by atoms with van der Waals surface area (Å²) >= 11 is 0. The molecule has 1 rings (SSSR count). The van der Waals surface area contributed by atoms with E-state index in [4.69, 9.17) is 9.84 Å². The minimum absolute atomic E-state index is 0.205. The lowest BCUT2D eigenvalue weighted by molar-refractivity contribution is 0.00253. The Morgan fingerprint density at radius 3 is 2.71 bits per heavy atom. The van der Waals surface area contributed by atoms with Crippen molar-refractivity contribution in [1.82, 2.24) is 5.32 Å². The monoisotopic (exact) mass is 243 g/mol. The van der Waals surface area contributed by atoms with Crippen molar-refractivity contribution in [3.63, 3.8) is 0 Å². The first-order valence-corrected chi connectivity index (χ1v) is 5.35. The van der Waals surface area contributed by atoms with Gasteiger partial charge >= 0.3 is 0 Å². The summed E-state index contributed by atoms with van der Waals surface area (Å²) < 4.78 is 18.1. The molecule has 0 heterocycles. The van der Waals surface area contributed by atoms with E-state index in [-0.39, 0.29) is 18.9 Å². The number of hydrogen-bond acceptors (Lipinski definition) is 4. The zero-order valence-electron chi connectivity index (χ0n) is 10.0. The largest absolute Gasteiger partial charge is 0.494 e. The first-order chi connectivity index (χ1) is 7.98. The molecule has 1 atom stereocenters. The fourth-order valence-electron chi connectivity index (χ4n) is 1.35. The highest BCUT2D eigenvalue weighted by Crippen LogP contribution is 2.17. The fraction of sp³-hybridized carbons (Fsp3) is 0.500. The smallest absolute Gasteiger partial charge is 0.165 e. The molecular formula is C12H18FNO3. The molecule has 1 aromatic rings. The molecule has 0 aliphatic heterocycles. The predicted molar refractivity (Wildman–Crippen MR) is 62.4 cm³/mol. The van der Waals surface area contributed by atoms with Gasteiger partial charge in [-0.3, -0.25) is 0 Å². The summed E-state index contributed by atoms with van der Waals surface area (Å²) in [5.41, 5.74) is -0.414. The minimum atomic E-state index is -1.16. The Kier molecular flexibility index (Phi) is 4.86. The van der Waals surface area contributed by atoms with E-state index in [9.17, 15) is 9.50 Å². The SMILES string of the molecule is COc1ccc(CNCC(C)(O)CO)cc1F. The average Bonchev–Trinajstić information content (AvgIpc) is 2.29. The number of hydrogen-bond donors (Lipinski definition) is 3. The van der Waals surface area contributed by atoms with Crippen LogP contribution in [0.3, 0.4) is 0 Å². The first kappa shape index (κ1) is 13.9. The van der Waals surface area contributed by atoms with Crippen LogP contribution in [0.1, 0.15) is 12.5 Å². The maximum absolute atomic E-state index is 13.3. The molecule has 0 saturated carbocycles. The van der Waals surface area contributed by atoms with Crippen molar-refractivity contribution in [2.75, 3.05) is 20.3 Å². The summed E-state index contributed by atoms with van der Waals surface area (Å²) in [7, 11) is 1.41. The van der Waals surface area contributed by atoms with E-state index >= 15 is 0 Å². The van der Waals surface area contributed by atoms with Crippen molar-refractivity contribution in [1.29, 1.82) is 0 Å². The van der Waals surface area contributed by atoms with Crippen LogP contribution in [0.5, 0.6) is 5.75 Å². The summed E-state index contributed by atoms with van der Waals surface area (Å²) in [6.07, 6.45) is 0. The van der Waals surface area contributed by atoms with E-state index in [2.05, 4.69) is 5.32 Å². The summed E-state index contributed by atoms with van der Waals surface area (Å²) in [4.78, 5) is 0. The van der Waals surface area contributed by atoms with Gasteiger partial charge in [-0.25, -0.2) is 4.39 Å². The number of aliphatic hydroxyl groups excluding tert-OH is 1. The molecule has 0 saturated heterocycles. The van der Waals surface area contributed by atoms with Gasteiger partial charge in [0.1, 0.15) is 0 Å². The molecule has 0 radical (unpaired) electrons. The number of ether oxygens (including phenoxy) is 1. The fourth-order valence-corrected chi connectivity index (χ4v) is 1.35. The van der Waals surface area contributed by atoms with Gasteiger partial charge < -0.3 is 20.3 Å². The van der Waals surface area contributed by atoms with Crippen LogP contribution in [-0.2, 0) is 6.54 Å².